The van der Waals surface area contributed by atoms with Gasteiger partial charge in [-0.2, -0.15) is 0 Å². The fraction of sp³-hybridized carbons (Fsp3) is 0.421. The van der Waals surface area contributed by atoms with E-state index in [0.717, 1.165) is 44.1 Å². The first-order chi connectivity index (χ1) is 12.3. The fourth-order valence-electron chi connectivity index (χ4n) is 3.65. The van der Waals surface area contributed by atoms with Crippen molar-refractivity contribution in [2.75, 3.05) is 31.1 Å². The summed E-state index contributed by atoms with van der Waals surface area (Å²) < 4.78 is 1.93. The van der Waals surface area contributed by atoms with Crippen LogP contribution in [0.5, 0.6) is 0 Å². The lowest BCUT2D eigenvalue weighted by Gasteiger charge is -2.40. The molecule has 1 aliphatic rings. The van der Waals surface area contributed by atoms with E-state index in [1.165, 1.54) is 12.0 Å². The van der Waals surface area contributed by atoms with Gasteiger partial charge in [0.05, 0.1) is 0 Å². The molecule has 6 heteroatoms. The molecule has 1 atom stereocenters. The van der Waals surface area contributed by atoms with E-state index in [2.05, 4.69) is 62.2 Å². The molecule has 1 fully saturated rings. The van der Waals surface area contributed by atoms with Crippen LogP contribution in [0, 0.1) is 0 Å². The van der Waals surface area contributed by atoms with Crippen molar-refractivity contribution in [1.29, 1.82) is 0 Å². The Morgan fingerprint density at radius 3 is 2.88 bits per heavy atom. The summed E-state index contributed by atoms with van der Waals surface area (Å²) in [4.78, 5) is 9.49. The van der Waals surface area contributed by atoms with Crippen LogP contribution in [0.1, 0.15) is 18.9 Å². The zero-order valence-electron chi connectivity index (χ0n) is 14.6. The smallest absolute Gasteiger partial charge is 0.203 e. The summed E-state index contributed by atoms with van der Waals surface area (Å²) in [5, 5.41) is 8.23. The number of hydrogen-bond acceptors (Lipinski definition) is 5. The van der Waals surface area contributed by atoms with Crippen molar-refractivity contribution in [1.82, 2.24) is 24.5 Å². The lowest BCUT2D eigenvalue weighted by molar-refractivity contribution is 0.226. The number of anilines is 1. The number of hydrogen-bond donors (Lipinski definition) is 0. The zero-order valence-corrected chi connectivity index (χ0v) is 14.6. The SMILES string of the molecule is CC1CN(CCCc2ccccc2)CCN1c1nccn2cnnc12. The van der Waals surface area contributed by atoms with E-state index in [0.29, 0.717) is 6.04 Å². The molecule has 0 aliphatic carbocycles. The minimum atomic E-state index is 0.417. The third kappa shape index (κ3) is 3.49. The Morgan fingerprint density at radius 1 is 1.16 bits per heavy atom. The number of benzene rings is 1. The summed E-state index contributed by atoms with van der Waals surface area (Å²) in [5.74, 6) is 0.941. The molecule has 3 heterocycles. The summed E-state index contributed by atoms with van der Waals surface area (Å²) in [6.07, 6.45) is 7.80. The fourth-order valence-corrected chi connectivity index (χ4v) is 3.65. The predicted molar refractivity (Wildman–Crippen MR) is 98.8 cm³/mol. The van der Waals surface area contributed by atoms with E-state index >= 15 is 0 Å². The summed E-state index contributed by atoms with van der Waals surface area (Å²) in [6, 6.07) is 11.2. The van der Waals surface area contributed by atoms with Crippen molar-refractivity contribution in [2.24, 2.45) is 0 Å². The Labute approximate surface area is 148 Å². The Bertz CT molecular complexity index is 815. The molecule has 0 N–H and O–H groups in total. The summed E-state index contributed by atoms with van der Waals surface area (Å²) in [6.45, 7) is 6.52. The molecule has 2 aromatic heterocycles. The second-order valence-corrected chi connectivity index (χ2v) is 6.74. The maximum atomic E-state index is 4.56. The second kappa shape index (κ2) is 7.19. The molecule has 0 radical (unpaired) electrons. The van der Waals surface area contributed by atoms with Gasteiger partial charge in [-0.3, -0.25) is 9.30 Å². The standard InChI is InChI=1S/C19H24N6/c1-16-14-23(10-5-8-17-6-3-2-4-7-17)12-13-25(16)18-19-22-21-15-24(19)11-9-20-18/h2-4,6-7,9,11,15-16H,5,8,10,12-14H2,1H3. The average Bonchev–Trinajstić information content (AvgIpc) is 3.12. The van der Waals surface area contributed by atoms with E-state index in [1.54, 1.807) is 6.33 Å². The Hall–Kier alpha value is -2.47. The molecule has 0 saturated carbocycles. The van der Waals surface area contributed by atoms with Gasteiger partial charge < -0.3 is 4.90 Å². The number of piperazine rings is 1. The Morgan fingerprint density at radius 2 is 2.04 bits per heavy atom. The Kier molecular flexibility index (Phi) is 4.61. The predicted octanol–water partition coefficient (Wildman–Crippen LogP) is 2.27. The van der Waals surface area contributed by atoms with Gasteiger partial charge in [-0.15, -0.1) is 10.2 Å². The highest BCUT2D eigenvalue weighted by Gasteiger charge is 2.26. The monoisotopic (exact) mass is 336 g/mol. The van der Waals surface area contributed by atoms with Gasteiger partial charge in [0.25, 0.3) is 0 Å². The molecule has 1 aromatic carbocycles. The number of rotatable bonds is 5. The third-order valence-corrected chi connectivity index (χ3v) is 4.96. The highest BCUT2D eigenvalue weighted by molar-refractivity contribution is 5.63. The molecule has 0 spiro atoms. The highest BCUT2D eigenvalue weighted by atomic mass is 15.3. The minimum Gasteiger partial charge on any atom is -0.348 e. The summed E-state index contributed by atoms with van der Waals surface area (Å²) >= 11 is 0. The highest BCUT2D eigenvalue weighted by Crippen LogP contribution is 2.22. The number of nitrogens with zero attached hydrogens (tertiary/aromatic N) is 6. The molecule has 25 heavy (non-hydrogen) atoms. The first kappa shape index (κ1) is 16.0. The average molecular weight is 336 g/mol. The quantitative estimate of drug-likeness (QED) is 0.715. The lowest BCUT2D eigenvalue weighted by atomic mass is 10.1. The van der Waals surface area contributed by atoms with Crippen molar-refractivity contribution in [2.45, 2.75) is 25.8 Å². The van der Waals surface area contributed by atoms with Crippen LogP contribution >= 0.6 is 0 Å². The molecule has 1 saturated heterocycles. The van der Waals surface area contributed by atoms with E-state index in [9.17, 15) is 0 Å². The van der Waals surface area contributed by atoms with E-state index in [4.69, 9.17) is 0 Å². The largest absolute Gasteiger partial charge is 0.348 e. The molecule has 3 aromatic rings. The van der Waals surface area contributed by atoms with Gasteiger partial charge in [0.2, 0.25) is 5.65 Å². The molecule has 1 unspecified atom stereocenters. The van der Waals surface area contributed by atoms with Crippen LogP contribution in [0.25, 0.3) is 5.65 Å². The zero-order chi connectivity index (χ0) is 17.1. The van der Waals surface area contributed by atoms with Gasteiger partial charge in [0, 0.05) is 38.1 Å². The van der Waals surface area contributed by atoms with Crippen LogP contribution < -0.4 is 4.90 Å². The number of aromatic nitrogens is 4. The molecular formula is C19H24N6. The van der Waals surface area contributed by atoms with Crippen LogP contribution in [0.2, 0.25) is 0 Å². The van der Waals surface area contributed by atoms with E-state index in [1.807, 2.05) is 16.8 Å². The van der Waals surface area contributed by atoms with Crippen molar-refractivity contribution < 1.29 is 0 Å². The molecular weight excluding hydrogens is 312 g/mol. The van der Waals surface area contributed by atoms with Crippen molar-refractivity contribution in [3.05, 3.63) is 54.6 Å². The first-order valence-electron chi connectivity index (χ1n) is 8.98. The summed E-state index contributed by atoms with van der Waals surface area (Å²) in [5.41, 5.74) is 2.27. The lowest BCUT2D eigenvalue weighted by Crippen LogP contribution is -2.52. The Balaban J connectivity index is 1.35. The van der Waals surface area contributed by atoms with Gasteiger partial charge in [-0.25, -0.2) is 4.98 Å². The van der Waals surface area contributed by atoms with Gasteiger partial charge in [-0.05, 0) is 31.9 Å². The topological polar surface area (TPSA) is 49.6 Å². The third-order valence-electron chi connectivity index (χ3n) is 4.96. The van der Waals surface area contributed by atoms with E-state index < -0.39 is 0 Å². The van der Waals surface area contributed by atoms with Gasteiger partial charge >= 0.3 is 0 Å². The maximum Gasteiger partial charge on any atom is 0.203 e. The normalized spacial score (nSPS) is 18.8. The van der Waals surface area contributed by atoms with Gasteiger partial charge in [-0.1, -0.05) is 30.3 Å². The number of aryl methyl sites for hydroxylation is 1. The van der Waals surface area contributed by atoms with Crippen LogP contribution in [0.15, 0.2) is 49.1 Å². The van der Waals surface area contributed by atoms with Crippen LogP contribution in [0.3, 0.4) is 0 Å². The number of fused-ring (bicyclic) bond motifs is 1. The summed E-state index contributed by atoms with van der Waals surface area (Å²) in [7, 11) is 0. The second-order valence-electron chi connectivity index (χ2n) is 6.74. The van der Waals surface area contributed by atoms with Crippen LogP contribution in [-0.2, 0) is 6.42 Å². The van der Waals surface area contributed by atoms with E-state index in [-0.39, 0.29) is 0 Å². The molecule has 1 aliphatic heterocycles. The van der Waals surface area contributed by atoms with Crippen molar-refractivity contribution >= 4 is 11.5 Å². The van der Waals surface area contributed by atoms with Crippen LogP contribution in [-0.4, -0.2) is 56.7 Å². The maximum absolute atomic E-state index is 4.56. The molecule has 130 valence electrons. The minimum absolute atomic E-state index is 0.417. The van der Waals surface area contributed by atoms with Crippen molar-refractivity contribution in [3.8, 4) is 0 Å². The van der Waals surface area contributed by atoms with Crippen LogP contribution in [0.4, 0.5) is 5.82 Å². The molecule has 0 bridgehead atoms. The van der Waals surface area contributed by atoms with Gasteiger partial charge in [0.15, 0.2) is 5.82 Å². The molecule has 6 nitrogen and oxygen atoms in total. The van der Waals surface area contributed by atoms with Gasteiger partial charge in [0.1, 0.15) is 6.33 Å². The molecule has 4 rings (SSSR count). The first-order valence-corrected chi connectivity index (χ1v) is 8.98. The van der Waals surface area contributed by atoms with Crippen molar-refractivity contribution in [3.63, 3.8) is 0 Å². The molecule has 0 amide bonds.